The lowest BCUT2D eigenvalue weighted by atomic mass is 9.84. The molecular formula is C29H29BF4N3O3. The number of hydrogen-bond donors (Lipinski definition) is 0. The minimum absolute atomic E-state index is 0.0133. The average molecular weight is 554 g/mol. The number of aromatic nitrogens is 2. The number of ether oxygens (including phenoxy) is 1. The van der Waals surface area contributed by atoms with Gasteiger partial charge in [-0.1, -0.05) is 36.4 Å². The molecule has 1 aliphatic heterocycles. The maximum absolute atomic E-state index is 15.1. The summed E-state index contributed by atoms with van der Waals surface area (Å²) in [5.74, 6) is -0.644. The number of esters is 1. The molecule has 0 spiro atoms. The molecule has 0 bridgehead atoms. The number of aryl methyl sites for hydroxylation is 2. The Bertz CT molecular complexity index is 1340. The normalized spacial score (nSPS) is 14.6. The molecule has 0 saturated carbocycles. The van der Waals surface area contributed by atoms with Gasteiger partial charge in [-0.3, -0.25) is 4.79 Å². The van der Waals surface area contributed by atoms with Gasteiger partial charge in [0.15, 0.2) is 0 Å². The van der Waals surface area contributed by atoms with Crippen LogP contribution in [0.3, 0.4) is 0 Å². The molecule has 0 N–H and O–H groups in total. The smallest absolute Gasteiger partial charge is 0.419 e. The third-order valence-corrected chi connectivity index (χ3v) is 7.23. The summed E-state index contributed by atoms with van der Waals surface area (Å²) in [5.41, 5.74) is 1.43. The van der Waals surface area contributed by atoms with Gasteiger partial charge < -0.3 is 14.3 Å². The first kappa shape index (κ1) is 29.4. The van der Waals surface area contributed by atoms with E-state index in [0.29, 0.717) is 24.2 Å². The van der Waals surface area contributed by atoms with Crippen LogP contribution in [0.1, 0.15) is 58.1 Å². The molecule has 11 heteroatoms. The van der Waals surface area contributed by atoms with Crippen molar-refractivity contribution in [3.63, 3.8) is 0 Å². The molecule has 0 atom stereocenters. The highest BCUT2D eigenvalue weighted by Gasteiger charge is 2.35. The lowest BCUT2D eigenvalue weighted by molar-refractivity contribution is -0.140. The van der Waals surface area contributed by atoms with Crippen molar-refractivity contribution in [2.24, 2.45) is 0 Å². The van der Waals surface area contributed by atoms with Gasteiger partial charge >= 0.3 is 12.1 Å². The van der Waals surface area contributed by atoms with Crippen molar-refractivity contribution in [3.05, 3.63) is 93.8 Å². The molecule has 0 unspecified atom stereocenters. The summed E-state index contributed by atoms with van der Waals surface area (Å²) in [7, 11) is 2.79. The Hall–Kier alpha value is -3.60. The molecule has 4 rings (SSSR count). The van der Waals surface area contributed by atoms with E-state index in [0.717, 1.165) is 36.4 Å². The van der Waals surface area contributed by atoms with Crippen LogP contribution in [0.2, 0.25) is 0 Å². The molecule has 0 aliphatic carbocycles. The van der Waals surface area contributed by atoms with Crippen molar-refractivity contribution in [2.75, 3.05) is 20.2 Å². The number of benzene rings is 2. The highest BCUT2D eigenvalue weighted by molar-refractivity contribution is 6.64. The number of rotatable bonds is 10. The predicted octanol–water partition coefficient (Wildman–Crippen LogP) is 4.71. The second kappa shape index (κ2) is 13.2. The standard InChI is InChI=1S/C29H29BF4N3O3/c1-40-28(39)16-21-5-3-2-4-19(21)8-9-26-24(29(32,33)34)17-35-27(36-26)15-23-7-6-22(14-25(23)31)20-10-12-37(13-11-20)30-18-38/h2-7,14,17-18,20H,8-13,15-16H2,1H3. The third kappa shape index (κ3) is 7.53. The summed E-state index contributed by atoms with van der Waals surface area (Å²) in [6, 6.07) is 12.0. The number of alkyl halides is 3. The number of carbonyl (C=O) groups excluding carboxylic acids is 2. The molecule has 3 aromatic rings. The first-order valence-corrected chi connectivity index (χ1v) is 13.0. The fourth-order valence-electron chi connectivity index (χ4n) is 5.02. The van der Waals surface area contributed by atoms with Crippen molar-refractivity contribution in [1.82, 2.24) is 14.8 Å². The largest absolute Gasteiger partial charge is 0.469 e. The molecular weight excluding hydrogens is 525 g/mol. The van der Waals surface area contributed by atoms with Gasteiger partial charge in [0, 0.05) is 12.6 Å². The van der Waals surface area contributed by atoms with Gasteiger partial charge in [0.05, 0.1) is 31.0 Å². The molecule has 1 aromatic heterocycles. The maximum Gasteiger partial charge on any atom is 0.419 e. The Morgan fingerprint density at radius 3 is 2.48 bits per heavy atom. The maximum atomic E-state index is 15.1. The van der Waals surface area contributed by atoms with Crippen LogP contribution in [0, 0.1) is 5.82 Å². The van der Waals surface area contributed by atoms with E-state index in [-0.39, 0.29) is 43.1 Å². The van der Waals surface area contributed by atoms with Crippen LogP contribution in [0.15, 0.2) is 48.7 Å². The molecule has 1 aliphatic rings. The molecule has 2 heterocycles. The summed E-state index contributed by atoms with van der Waals surface area (Å²) in [6.45, 7) is 1.42. The molecule has 1 radical (unpaired) electrons. The van der Waals surface area contributed by atoms with E-state index in [1.54, 1.807) is 30.3 Å². The summed E-state index contributed by atoms with van der Waals surface area (Å²) in [5, 5.41) is 0. The first-order chi connectivity index (χ1) is 19.2. The zero-order chi connectivity index (χ0) is 28.7. The van der Waals surface area contributed by atoms with E-state index in [1.807, 2.05) is 10.9 Å². The summed E-state index contributed by atoms with van der Waals surface area (Å²) < 4.78 is 61.1. The van der Waals surface area contributed by atoms with Crippen molar-refractivity contribution in [3.8, 4) is 0 Å². The van der Waals surface area contributed by atoms with Crippen LogP contribution >= 0.6 is 0 Å². The molecule has 40 heavy (non-hydrogen) atoms. The fourth-order valence-corrected chi connectivity index (χ4v) is 5.02. The second-order valence-corrected chi connectivity index (χ2v) is 9.79. The lowest BCUT2D eigenvalue weighted by Gasteiger charge is -2.30. The van der Waals surface area contributed by atoms with Crippen molar-refractivity contribution in [1.29, 1.82) is 0 Å². The summed E-state index contributed by atoms with van der Waals surface area (Å²) >= 11 is 0. The highest BCUT2D eigenvalue weighted by atomic mass is 19.4. The molecule has 6 nitrogen and oxygen atoms in total. The Kier molecular flexibility index (Phi) is 9.68. The Morgan fingerprint density at radius 1 is 1.10 bits per heavy atom. The van der Waals surface area contributed by atoms with Crippen LogP contribution in [-0.4, -0.2) is 54.5 Å². The van der Waals surface area contributed by atoms with Crippen LogP contribution in [0.4, 0.5) is 17.6 Å². The number of hydrogen-bond acceptors (Lipinski definition) is 6. The van der Waals surface area contributed by atoms with E-state index in [4.69, 9.17) is 4.74 Å². The van der Waals surface area contributed by atoms with E-state index in [2.05, 4.69) is 9.97 Å². The van der Waals surface area contributed by atoms with Crippen molar-refractivity contribution in [2.45, 2.75) is 50.6 Å². The van der Waals surface area contributed by atoms with E-state index in [9.17, 15) is 22.8 Å². The van der Waals surface area contributed by atoms with Gasteiger partial charge in [-0.25, -0.2) is 14.4 Å². The minimum atomic E-state index is -4.65. The highest BCUT2D eigenvalue weighted by Crippen LogP contribution is 2.32. The van der Waals surface area contributed by atoms with Gasteiger partial charge in [-0.05, 0) is 73.0 Å². The van der Waals surface area contributed by atoms with E-state index < -0.39 is 23.5 Å². The van der Waals surface area contributed by atoms with Crippen molar-refractivity contribution < 1.29 is 31.9 Å². The second-order valence-electron chi connectivity index (χ2n) is 9.79. The molecule has 0 amide bonds. The third-order valence-electron chi connectivity index (χ3n) is 7.23. The minimum Gasteiger partial charge on any atom is -0.469 e. The average Bonchev–Trinajstić information content (AvgIpc) is 2.93. The van der Waals surface area contributed by atoms with Crippen molar-refractivity contribution >= 4 is 19.6 Å². The van der Waals surface area contributed by atoms with Gasteiger partial charge in [-0.2, -0.15) is 13.2 Å². The molecule has 1 fully saturated rings. The molecule has 209 valence electrons. The van der Waals surface area contributed by atoms with Gasteiger partial charge in [-0.15, -0.1) is 0 Å². The Labute approximate surface area is 231 Å². The van der Waals surface area contributed by atoms with Crippen LogP contribution in [-0.2, 0) is 46.2 Å². The topological polar surface area (TPSA) is 72.4 Å². The number of nitrogens with zero attached hydrogens (tertiary/aromatic N) is 3. The zero-order valence-electron chi connectivity index (χ0n) is 22.1. The Morgan fingerprint density at radius 2 is 1.82 bits per heavy atom. The number of halogens is 4. The predicted molar refractivity (Wildman–Crippen MR) is 142 cm³/mol. The first-order valence-electron chi connectivity index (χ1n) is 13.0. The summed E-state index contributed by atoms with van der Waals surface area (Å²) in [4.78, 5) is 32.5. The molecule has 2 aromatic carbocycles. The van der Waals surface area contributed by atoms with E-state index >= 15 is 4.39 Å². The van der Waals surface area contributed by atoms with Crippen LogP contribution in [0.5, 0.6) is 0 Å². The van der Waals surface area contributed by atoms with Gasteiger partial charge in [0.2, 0.25) is 0 Å². The molecule has 1 saturated heterocycles. The van der Waals surface area contributed by atoms with Gasteiger partial charge in [0.1, 0.15) is 11.6 Å². The Balaban J connectivity index is 1.50. The monoisotopic (exact) mass is 554 g/mol. The lowest BCUT2D eigenvalue weighted by Crippen LogP contribution is -2.36. The number of piperidine rings is 1. The quantitative estimate of drug-likeness (QED) is 0.157. The van der Waals surface area contributed by atoms with Crippen LogP contribution < -0.4 is 0 Å². The van der Waals surface area contributed by atoms with Crippen LogP contribution in [0.25, 0.3) is 0 Å². The SMILES string of the molecule is COC(=O)Cc1ccccc1CCc1nc(Cc2ccc(C3CCN([B]C=O)CC3)cc2F)ncc1C(F)(F)F. The zero-order valence-corrected chi connectivity index (χ0v) is 22.1. The number of methoxy groups -OCH3 is 1. The summed E-state index contributed by atoms with van der Waals surface area (Å²) in [6.07, 6.45) is -1.41. The fraction of sp³-hybridized carbons (Fsp3) is 0.379. The number of carbonyl (C=O) groups is 2. The van der Waals surface area contributed by atoms with E-state index in [1.165, 1.54) is 20.6 Å². The van der Waals surface area contributed by atoms with Gasteiger partial charge in [0.25, 0.3) is 7.41 Å².